The molecular formula is C16H16ClNO3S. The van der Waals surface area contributed by atoms with Gasteiger partial charge >= 0.3 is 0 Å². The lowest BCUT2D eigenvalue weighted by molar-refractivity contribution is -0.111. The van der Waals surface area contributed by atoms with Gasteiger partial charge in [0.05, 0.1) is 15.6 Å². The number of carbonyl (C=O) groups excluding carboxylic acids is 1. The van der Waals surface area contributed by atoms with Gasteiger partial charge in [-0.3, -0.25) is 4.79 Å². The van der Waals surface area contributed by atoms with Gasteiger partial charge in [-0.15, -0.1) is 0 Å². The Balaban J connectivity index is 2.62. The average molecular weight is 338 g/mol. The number of halogens is 1. The molecule has 0 bridgehead atoms. The summed E-state index contributed by atoms with van der Waals surface area (Å²) in [5, 5.41) is 0.0932. The number of sulfonamides is 1. The van der Waals surface area contributed by atoms with E-state index in [-0.39, 0.29) is 27.3 Å². The van der Waals surface area contributed by atoms with Crippen molar-refractivity contribution >= 4 is 33.1 Å². The zero-order chi connectivity index (χ0) is 16.5. The Hall–Kier alpha value is -1.72. The number of carbonyl (C=O) groups is 1. The minimum atomic E-state index is -3.88. The molecule has 6 heteroatoms. The molecule has 0 saturated heterocycles. The summed E-state index contributed by atoms with van der Waals surface area (Å²) in [6.07, 6.45) is 1.41. The zero-order valence-corrected chi connectivity index (χ0v) is 14.1. The van der Waals surface area contributed by atoms with Crippen molar-refractivity contribution in [1.29, 1.82) is 0 Å². The molecule has 22 heavy (non-hydrogen) atoms. The van der Waals surface area contributed by atoms with E-state index in [0.717, 1.165) is 0 Å². The van der Waals surface area contributed by atoms with Crippen LogP contribution in [0.5, 0.6) is 0 Å². The van der Waals surface area contributed by atoms with Crippen LogP contribution in [-0.2, 0) is 14.8 Å². The lowest BCUT2D eigenvalue weighted by Crippen LogP contribution is -2.20. The molecule has 1 aliphatic rings. The van der Waals surface area contributed by atoms with Gasteiger partial charge in [-0.05, 0) is 36.6 Å². The topological polar surface area (TPSA) is 63.6 Å². The molecule has 1 aromatic carbocycles. The molecule has 0 fully saturated rings. The minimum Gasteiger partial charge on any atom is -0.290 e. The van der Waals surface area contributed by atoms with Crippen LogP contribution in [0, 0.1) is 5.92 Å². The van der Waals surface area contributed by atoms with E-state index in [1.54, 1.807) is 25.1 Å². The fourth-order valence-corrected chi connectivity index (χ4v) is 3.37. The predicted molar refractivity (Wildman–Crippen MR) is 87.5 cm³/mol. The van der Waals surface area contributed by atoms with E-state index < -0.39 is 10.0 Å². The first kappa shape index (κ1) is 16.6. The molecule has 116 valence electrons. The highest BCUT2D eigenvalue weighted by atomic mass is 35.5. The number of rotatable bonds is 3. The number of hydrogen-bond donors (Lipinski definition) is 0. The maximum absolute atomic E-state index is 12.4. The quantitative estimate of drug-likeness (QED) is 0.793. The summed E-state index contributed by atoms with van der Waals surface area (Å²) in [6.45, 7) is 5.27. The SMILES string of the molecule is CC1=C(Cl)C(=NS(=O)(=O)c2ccccc2)C(C(C)C)=CC1=O. The van der Waals surface area contributed by atoms with Crippen molar-refractivity contribution in [2.75, 3.05) is 0 Å². The molecule has 4 nitrogen and oxygen atoms in total. The van der Waals surface area contributed by atoms with Crippen molar-refractivity contribution in [2.24, 2.45) is 10.3 Å². The van der Waals surface area contributed by atoms with Crippen LogP contribution < -0.4 is 0 Å². The van der Waals surface area contributed by atoms with Crippen LogP contribution in [0.2, 0.25) is 0 Å². The number of benzene rings is 1. The van der Waals surface area contributed by atoms with Gasteiger partial charge in [-0.2, -0.15) is 12.8 Å². The molecule has 0 unspecified atom stereocenters. The first-order chi connectivity index (χ1) is 10.2. The fourth-order valence-electron chi connectivity index (χ4n) is 2.03. The Kier molecular flexibility index (Phi) is 4.68. The van der Waals surface area contributed by atoms with Gasteiger partial charge in [0.25, 0.3) is 10.0 Å². The molecule has 0 radical (unpaired) electrons. The molecule has 0 heterocycles. The fraction of sp³-hybridized carbons (Fsp3) is 0.250. The number of hydrogen-bond acceptors (Lipinski definition) is 3. The summed E-state index contributed by atoms with van der Waals surface area (Å²) in [6, 6.07) is 7.91. The molecule has 1 aliphatic carbocycles. The third-order valence-corrected chi connectivity index (χ3v) is 5.09. The third kappa shape index (κ3) is 3.20. The molecule has 0 atom stereocenters. The summed E-state index contributed by atoms with van der Waals surface area (Å²) in [7, 11) is -3.88. The second-order valence-electron chi connectivity index (χ2n) is 5.29. The highest BCUT2D eigenvalue weighted by molar-refractivity contribution is 7.90. The standard InChI is InChI=1S/C16H16ClNO3S/c1-10(2)13-9-14(19)11(3)15(17)16(13)18-22(20,21)12-7-5-4-6-8-12/h4-10H,1-3H3. The number of allylic oxidation sites excluding steroid dienone is 4. The largest absolute Gasteiger partial charge is 0.290 e. The molecule has 1 aromatic rings. The molecule has 0 aromatic heterocycles. The monoisotopic (exact) mass is 337 g/mol. The second kappa shape index (κ2) is 6.18. The van der Waals surface area contributed by atoms with Crippen LogP contribution in [0.25, 0.3) is 0 Å². The molecular weight excluding hydrogens is 322 g/mol. The van der Waals surface area contributed by atoms with Gasteiger partial charge in [0, 0.05) is 5.57 Å². The Morgan fingerprint density at radius 3 is 2.27 bits per heavy atom. The molecule has 0 saturated carbocycles. The normalized spacial score (nSPS) is 18.1. The molecule has 0 spiro atoms. The minimum absolute atomic E-state index is 0.0736. The van der Waals surface area contributed by atoms with Gasteiger partial charge in [0.1, 0.15) is 0 Å². The van der Waals surface area contributed by atoms with Crippen molar-refractivity contribution < 1.29 is 13.2 Å². The van der Waals surface area contributed by atoms with E-state index in [4.69, 9.17) is 11.6 Å². The lowest BCUT2D eigenvalue weighted by atomic mass is 9.90. The van der Waals surface area contributed by atoms with Crippen LogP contribution in [0.4, 0.5) is 0 Å². The van der Waals surface area contributed by atoms with Gasteiger partial charge in [0.15, 0.2) is 5.78 Å². The average Bonchev–Trinajstić information content (AvgIpc) is 2.48. The van der Waals surface area contributed by atoms with Crippen molar-refractivity contribution in [1.82, 2.24) is 0 Å². The molecule has 0 amide bonds. The van der Waals surface area contributed by atoms with Crippen LogP contribution in [-0.4, -0.2) is 19.9 Å². The highest BCUT2D eigenvalue weighted by Gasteiger charge is 2.27. The van der Waals surface area contributed by atoms with Gasteiger partial charge in [-0.25, -0.2) is 0 Å². The molecule has 0 aliphatic heterocycles. The summed E-state index contributed by atoms with van der Waals surface area (Å²) < 4.78 is 28.7. The summed E-state index contributed by atoms with van der Waals surface area (Å²) in [5.74, 6) is -0.291. The smallest absolute Gasteiger partial charge is 0.282 e. The van der Waals surface area contributed by atoms with Crippen molar-refractivity contribution in [3.8, 4) is 0 Å². The zero-order valence-electron chi connectivity index (χ0n) is 12.5. The summed E-state index contributed by atoms with van der Waals surface area (Å²) >= 11 is 6.18. The Morgan fingerprint density at radius 2 is 1.73 bits per heavy atom. The van der Waals surface area contributed by atoms with E-state index in [1.807, 2.05) is 13.8 Å². The third-order valence-electron chi connectivity index (χ3n) is 3.34. The van der Waals surface area contributed by atoms with Gasteiger partial charge in [-0.1, -0.05) is 43.6 Å². The van der Waals surface area contributed by atoms with E-state index in [1.165, 1.54) is 18.2 Å². The predicted octanol–water partition coefficient (Wildman–Crippen LogP) is 3.49. The molecule has 2 rings (SSSR count). The summed E-state index contributed by atoms with van der Waals surface area (Å²) in [5.41, 5.74) is 0.978. The first-order valence-corrected chi connectivity index (χ1v) is 8.59. The van der Waals surface area contributed by atoms with Crippen LogP contribution >= 0.6 is 11.6 Å². The Labute approximate surface area is 135 Å². The Morgan fingerprint density at radius 1 is 1.14 bits per heavy atom. The number of nitrogens with zero attached hydrogens (tertiary/aromatic N) is 1. The van der Waals surface area contributed by atoms with E-state index in [9.17, 15) is 13.2 Å². The van der Waals surface area contributed by atoms with Gasteiger partial charge < -0.3 is 0 Å². The lowest BCUT2D eigenvalue weighted by Gasteiger charge is -2.19. The van der Waals surface area contributed by atoms with Crippen LogP contribution in [0.1, 0.15) is 20.8 Å². The van der Waals surface area contributed by atoms with E-state index in [0.29, 0.717) is 11.1 Å². The van der Waals surface area contributed by atoms with E-state index in [2.05, 4.69) is 4.40 Å². The van der Waals surface area contributed by atoms with Gasteiger partial charge in [0.2, 0.25) is 0 Å². The second-order valence-corrected chi connectivity index (χ2v) is 7.27. The summed E-state index contributed by atoms with van der Waals surface area (Å²) in [4.78, 5) is 12.0. The van der Waals surface area contributed by atoms with Crippen LogP contribution in [0.3, 0.4) is 0 Å². The molecule has 0 N–H and O–H groups in total. The van der Waals surface area contributed by atoms with Crippen molar-refractivity contribution in [3.05, 3.63) is 52.6 Å². The van der Waals surface area contributed by atoms with Crippen molar-refractivity contribution in [3.63, 3.8) is 0 Å². The van der Waals surface area contributed by atoms with Crippen molar-refractivity contribution in [2.45, 2.75) is 25.7 Å². The maximum Gasteiger partial charge on any atom is 0.282 e. The van der Waals surface area contributed by atoms with E-state index >= 15 is 0 Å². The maximum atomic E-state index is 12.4. The first-order valence-electron chi connectivity index (χ1n) is 6.77. The van der Waals surface area contributed by atoms with Crippen LogP contribution in [0.15, 0.2) is 61.9 Å². The highest BCUT2D eigenvalue weighted by Crippen LogP contribution is 2.29. The Bertz CT molecular complexity index is 803. The number of ketones is 1.